The number of benzene rings is 1. The molecule has 0 fully saturated rings. The van der Waals surface area contributed by atoms with Crippen molar-refractivity contribution in [1.82, 2.24) is 9.97 Å². The van der Waals surface area contributed by atoms with E-state index in [2.05, 4.69) is 9.97 Å². The van der Waals surface area contributed by atoms with Gasteiger partial charge in [-0.15, -0.1) is 0 Å². The Morgan fingerprint density at radius 3 is 2.94 bits per heavy atom. The molecule has 0 radical (unpaired) electrons. The molecule has 5 nitrogen and oxygen atoms in total. The third kappa shape index (κ3) is 1.93. The number of imidazole rings is 1. The van der Waals surface area contributed by atoms with Crippen LogP contribution in [0.25, 0.3) is 11.0 Å². The lowest BCUT2D eigenvalue weighted by Gasteiger charge is -1.96. The van der Waals surface area contributed by atoms with Gasteiger partial charge in [-0.05, 0) is 25.1 Å². The molecule has 4 N–H and O–H groups in total. The predicted molar refractivity (Wildman–Crippen MR) is 61.5 cm³/mol. The van der Waals surface area contributed by atoms with E-state index < -0.39 is 0 Å². The summed E-state index contributed by atoms with van der Waals surface area (Å²) in [5.41, 5.74) is 7.61. The molecule has 0 spiro atoms. The number of nitrogens with two attached hydrogens (primary N) is 1. The molecule has 2 rings (SSSR count). The highest BCUT2D eigenvalue weighted by molar-refractivity contribution is 5.98. The molecule has 0 saturated heterocycles. The summed E-state index contributed by atoms with van der Waals surface area (Å²) in [6, 6.07) is 5.28. The summed E-state index contributed by atoms with van der Waals surface area (Å²) in [4.78, 5) is 18.3. The number of aromatic amines is 1. The number of Topliss-reactive ketones (excluding diaryl/α,β-unsaturated/α-hetero) is 1. The van der Waals surface area contributed by atoms with E-state index in [1.54, 1.807) is 18.2 Å². The first-order valence-electron chi connectivity index (χ1n) is 4.89. The van der Waals surface area contributed by atoms with Crippen molar-refractivity contribution in [3.63, 3.8) is 0 Å². The van der Waals surface area contributed by atoms with E-state index in [0.29, 0.717) is 17.8 Å². The number of ketones is 1. The minimum atomic E-state index is 0.0182. The molecule has 0 saturated carbocycles. The van der Waals surface area contributed by atoms with E-state index in [1.807, 2.05) is 0 Å². The minimum absolute atomic E-state index is 0.0182. The number of carbonyl (C=O) groups excluding carboxylic acids is 1. The Bertz CT molecular complexity index is 570. The Kier molecular flexibility index (Phi) is 2.44. The van der Waals surface area contributed by atoms with Crippen LogP contribution in [-0.2, 0) is 11.2 Å². The van der Waals surface area contributed by atoms with Gasteiger partial charge < -0.3 is 10.7 Å². The second-order valence-corrected chi connectivity index (χ2v) is 3.71. The van der Waals surface area contributed by atoms with Crippen molar-refractivity contribution in [3.8, 4) is 0 Å². The quantitative estimate of drug-likeness (QED) is 0.527. The second kappa shape index (κ2) is 3.77. The van der Waals surface area contributed by atoms with E-state index in [9.17, 15) is 4.79 Å². The van der Waals surface area contributed by atoms with E-state index in [-0.39, 0.29) is 11.6 Å². The fraction of sp³-hybridized carbons (Fsp3) is 0.182. The highest BCUT2D eigenvalue weighted by Gasteiger charge is 2.06. The first-order valence-corrected chi connectivity index (χ1v) is 4.89. The van der Waals surface area contributed by atoms with E-state index in [1.165, 1.54) is 6.92 Å². The van der Waals surface area contributed by atoms with Gasteiger partial charge in [0.2, 0.25) is 0 Å². The van der Waals surface area contributed by atoms with Gasteiger partial charge in [0.25, 0.3) is 0 Å². The van der Waals surface area contributed by atoms with Gasteiger partial charge >= 0.3 is 0 Å². The maximum absolute atomic E-state index is 11.0. The number of carbonyl (C=O) groups is 1. The number of amidine groups is 1. The van der Waals surface area contributed by atoms with Crippen LogP contribution in [0.5, 0.6) is 0 Å². The van der Waals surface area contributed by atoms with Gasteiger partial charge in [0.1, 0.15) is 17.4 Å². The SMILES string of the molecule is CC(=O)Cc1nc2ccc(C(=N)N)cc2[nH]1. The molecular formula is C11H12N4O. The lowest BCUT2D eigenvalue weighted by molar-refractivity contribution is -0.116. The summed E-state index contributed by atoms with van der Waals surface area (Å²) in [5, 5.41) is 7.32. The van der Waals surface area contributed by atoms with Crippen LogP contribution in [0.2, 0.25) is 0 Å². The number of nitrogens with one attached hydrogen (secondary N) is 2. The third-order valence-corrected chi connectivity index (χ3v) is 2.26. The maximum atomic E-state index is 11.0. The summed E-state index contributed by atoms with van der Waals surface area (Å²) in [6.07, 6.45) is 0.296. The molecule has 16 heavy (non-hydrogen) atoms. The second-order valence-electron chi connectivity index (χ2n) is 3.71. The van der Waals surface area contributed by atoms with Crippen molar-refractivity contribution in [2.24, 2.45) is 5.73 Å². The van der Waals surface area contributed by atoms with Gasteiger partial charge in [0.15, 0.2) is 0 Å². The normalized spacial score (nSPS) is 10.6. The third-order valence-electron chi connectivity index (χ3n) is 2.26. The molecule has 1 aromatic carbocycles. The molecule has 2 aromatic rings. The molecule has 0 unspecified atom stereocenters. The van der Waals surface area contributed by atoms with Crippen LogP contribution in [0.15, 0.2) is 18.2 Å². The van der Waals surface area contributed by atoms with Gasteiger partial charge in [0.05, 0.1) is 17.5 Å². The molecular weight excluding hydrogens is 204 g/mol. The van der Waals surface area contributed by atoms with Crippen molar-refractivity contribution in [2.45, 2.75) is 13.3 Å². The lowest BCUT2D eigenvalue weighted by Crippen LogP contribution is -2.10. The summed E-state index contributed by atoms with van der Waals surface area (Å²) in [5.74, 6) is 0.721. The Morgan fingerprint density at radius 1 is 1.56 bits per heavy atom. The van der Waals surface area contributed by atoms with Gasteiger partial charge in [-0.1, -0.05) is 0 Å². The summed E-state index contributed by atoms with van der Waals surface area (Å²) in [6.45, 7) is 1.52. The standard InChI is InChI=1S/C11H12N4O/c1-6(16)4-10-14-8-3-2-7(11(12)13)5-9(8)15-10/h2-3,5H,4H2,1H3,(H3,12,13)(H,14,15). The Hall–Kier alpha value is -2.17. The Balaban J connectivity index is 2.45. The first kappa shape index (κ1) is 10.4. The van der Waals surface area contributed by atoms with E-state index in [4.69, 9.17) is 11.1 Å². The largest absolute Gasteiger partial charge is 0.384 e. The summed E-state index contributed by atoms with van der Waals surface area (Å²) >= 11 is 0. The molecule has 0 aliphatic carbocycles. The van der Waals surface area contributed by atoms with Crippen LogP contribution in [0, 0.1) is 5.41 Å². The molecule has 82 valence electrons. The van der Waals surface area contributed by atoms with Crippen molar-refractivity contribution >= 4 is 22.7 Å². The van der Waals surface area contributed by atoms with E-state index in [0.717, 1.165) is 11.0 Å². The molecule has 0 aliphatic heterocycles. The van der Waals surface area contributed by atoms with Gasteiger partial charge in [-0.2, -0.15) is 0 Å². The zero-order valence-corrected chi connectivity index (χ0v) is 8.87. The fourth-order valence-electron chi connectivity index (χ4n) is 1.55. The van der Waals surface area contributed by atoms with Gasteiger partial charge in [0, 0.05) is 5.56 Å². The van der Waals surface area contributed by atoms with Crippen molar-refractivity contribution < 1.29 is 4.79 Å². The molecule has 5 heteroatoms. The topological polar surface area (TPSA) is 95.6 Å². The number of fused-ring (bicyclic) bond motifs is 1. The zero-order chi connectivity index (χ0) is 11.7. The monoisotopic (exact) mass is 216 g/mol. The van der Waals surface area contributed by atoms with Crippen molar-refractivity contribution in [1.29, 1.82) is 5.41 Å². The average molecular weight is 216 g/mol. The van der Waals surface area contributed by atoms with Crippen LogP contribution in [-0.4, -0.2) is 21.6 Å². The molecule has 0 amide bonds. The number of aromatic nitrogens is 2. The molecule has 0 aliphatic rings. The number of nitrogen functional groups attached to an aromatic ring is 1. The van der Waals surface area contributed by atoms with E-state index >= 15 is 0 Å². The molecule has 0 bridgehead atoms. The lowest BCUT2D eigenvalue weighted by atomic mass is 10.2. The van der Waals surface area contributed by atoms with Crippen molar-refractivity contribution in [2.75, 3.05) is 0 Å². The van der Waals surface area contributed by atoms with Gasteiger partial charge in [-0.25, -0.2) is 4.98 Å². The van der Waals surface area contributed by atoms with Crippen LogP contribution < -0.4 is 5.73 Å². The number of hydrogen-bond donors (Lipinski definition) is 3. The smallest absolute Gasteiger partial charge is 0.137 e. The zero-order valence-electron chi connectivity index (χ0n) is 8.87. The van der Waals surface area contributed by atoms with Crippen LogP contribution in [0.3, 0.4) is 0 Å². The highest BCUT2D eigenvalue weighted by Crippen LogP contribution is 2.13. The highest BCUT2D eigenvalue weighted by atomic mass is 16.1. The first-order chi connectivity index (χ1) is 7.56. The summed E-state index contributed by atoms with van der Waals surface area (Å²) in [7, 11) is 0. The Morgan fingerprint density at radius 2 is 2.31 bits per heavy atom. The summed E-state index contributed by atoms with van der Waals surface area (Å²) < 4.78 is 0. The predicted octanol–water partition coefficient (Wildman–Crippen LogP) is 0.978. The van der Waals surface area contributed by atoms with Crippen LogP contribution in [0.1, 0.15) is 18.3 Å². The molecule has 1 aromatic heterocycles. The average Bonchev–Trinajstić information content (AvgIpc) is 2.56. The van der Waals surface area contributed by atoms with Crippen LogP contribution in [0.4, 0.5) is 0 Å². The number of rotatable bonds is 3. The van der Waals surface area contributed by atoms with Gasteiger partial charge in [-0.3, -0.25) is 10.2 Å². The Labute approximate surface area is 92.2 Å². The number of H-pyrrole nitrogens is 1. The number of hydrogen-bond acceptors (Lipinski definition) is 3. The van der Waals surface area contributed by atoms with Crippen molar-refractivity contribution in [3.05, 3.63) is 29.6 Å². The fourth-order valence-corrected chi connectivity index (χ4v) is 1.55. The molecule has 0 atom stereocenters. The molecule has 1 heterocycles. The minimum Gasteiger partial charge on any atom is -0.384 e. The number of nitrogens with zero attached hydrogens (tertiary/aromatic N) is 1. The van der Waals surface area contributed by atoms with Crippen LogP contribution >= 0.6 is 0 Å². The maximum Gasteiger partial charge on any atom is 0.137 e.